The van der Waals surface area contributed by atoms with E-state index in [4.69, 9.17) is 5.73 Å². The number of hydrogen-bond acceptors (Lipinski definition) is 2. The summed E-state index contributed by atoms with van der Waals surface area (Å²) in [4.78, 5) is 0. The molecule has 2 N–H and O–H groups in total. The minimum atomic E-state index is 0.186. The van der Waals surface area contributed by atoms with E-state index in [1.54, 1.807) is 0 Å². The van der Waals surface area contributed by atoms with Gasteiger partial charge in [-0.1, -0.05) is 38.1 Å². The molecule has 0 saturated carbocycles. The summed E-state index contributed by atoms with van der Waals surface area (Å²) in [5.74, 6) is 2.16. The Morgan fingerprint density at radius 2 is 1.86 bits per heavy atom. The van der Waals surface area contributed by atoms with Crippen molar-refractivity contribution in [3.8, 4) is 0 Å². The SMILES string of the molecule is CCSCC(N)c1ccc(CC)cc1. The largest absolute Gasteiger partial charge is 0.323 e. The molecule has 0 spiro atoms. The van der Waals surface area contributed by atoms with E-state index in [2.05, 4.69) is 38.1 Å². The third kappa shape index (κ3) is 3.35. The van der Waals surface area contributed by atoms with Crippen LogP contribution in [0.2, 0.25) is 0 Å². The van der Waals surface area contributed by atoms with Crippen LogP contribution in [0.4, 0.5) is 0 Å². The van der Waals surface area contributed by atoms with Gasteiger partial charge in [0.25, 0.3) is 0 Å². The van der Waals surface area contributed by atoms with Crippen LogP contribution in [0.3, 0.4) is 0 Å². The smallest absolute Gasteiger partial charge is 0.0386 e. The maximum absolute atomic E-state index is 6.05. The molecule has 0 aliphatic carbocycles. The van der Waals surface area contributed by atoms with Crippen LogP contribution in [0, 0.1) is 0 Å². The van der Waals surface area contributed by atoms with Gasteiger partial charge < -0.3 is 5.73 Å². The van der Waals surface area contributed by atoms with E-state index in [-0.39, 0.29) is 6.04 Å². The number of aryl methyl sites for hydroxylation is 1. The summed E-state index contributed by atoms with van der Waals surface area (Å²) in [5, 5.41) is 0. The second-order valence-electron chi connectivity index (χ2n) is 3.36. The van der Waals surface area contributed by atoms with Crippen LogP contribution in [0.25, 0.3) is 0 Å². The van der Waals surface area contributed by atoms with E-state index < -0.39 is 0 Å². The van der Waals surface area contributed by atoms with Gasteiger partial charge in [-0.2, -0.15) is 11.8 Å². The normalized spacial score (nSPS) is 12.8. The first kappa shape index (κ1) is 11.6. The molecule has 1 rings (SSSR count). The van der Waals surface area contributed by atoms with Crippen LogP contribution < -0.4 is 5.73 Å². The summed E-state index contributed by atoms with van der Waals surface area (Å²) < 4.78 is 0. The van der Waals surface area contributed by atoms with Crippen LogP contribution in [-0.4, -0.2) is 11.5 Å². The monoisotopic (exact) mass is 209 g/mol. The summed E-state index contributed by atoms with van der Waals surface area (Å²) in [5.41, 5.74) is 8.68. The Morgan fingerprint density at radius 3 is 2.36 bits per heavy atom. The molecular weight excluding hydrogens is 190 g/mol. The van der Waals surface area contributed by atoms with E-state index in [0.29, 0.717) is 0 Å². The molecule has 78 valence electrons. The van der Waals surface area contributed by atoms with Crippen molar-refractivity contribution in [2.24, 2.45) is 5.73 Å². The molecule has 1 unspecified atom stereocenters. The van der Waals surface area contributed by atoms with Crippen molar-refractivity contribution in [3.63, 3.8) is 0 Å². The topological polar surface area (TPSA) is 26.0 Å². The number of hydrogen-bond donors (Lipinski definition) is 1. The highest BCUT2D eigenvalue weighted by Gasteiger charge is 2.04. The van der Waals surface area contributed by atoms with Gasteiger partial charge in [-0.3, -0.25) is 0 Å². The van der Waals surface area contributed by atoms with E-state index >= 15 is 0 Å². The Balaban J connectivity index is 2.57. The summed E-state index contributed by atoms with van der Waals surface area (Å²) >= 11 is 1.90. The zero-order valence-corrected chi connectivity index (χ0v) is 9.81. The van der Waals surface area contributed by atoms with Gasteiger partial charge in [-0.15, -0.1) is 0 Å². The van der Waals surface area contributed by atoms with Gasteiger partial charge in [0.2, 0.25) is 0 Å². The molecule has 0 aliphatic rings. The Labute approximate surface area is 91.1 Å². The fourth-order valence-corrected chi connectivity index (χ4v) is 2.02. The molecule has 0 aliphatic heterocycles. The molecule has 1 nitrogen and oxygen atoms in total. The molecule has 0 radical (unpaired) electrons. The molecule has 0 aromatic heterocycles. The maximum atomic E-state index is 6.05. The number of rotatable bonds is 5. The van der Waals surface area contributed by atoms with E-state index in [1.165, 1.54) is 11.1 Å². The van der Waals surface area contributed by atoms with Gasteiger partial charge in [0, 0.05) is 11.8 Å². The minimum Gasteiger partial charge on any atom is -0.323 e. The van der Waals surface area contributed by atoms with Crippen molar-refractivity contribution in [1.82, 2.24) is 0 Å². The van der Waals surface area contributed by atoms with Gasteiger partial charge >= 0.3 is 0 Å². The maximum Gasteiger partial charge on any atom is 0.0386 e. The number of benzene rings is 1. The van der Waals surface area contributed by atoms with Crippen LogP contribution in [0.1, 0.15) is 31.0 Å². The molecule has 1 atom stereocenters. The zero-order valence-electron chi connectivity index (χ0n) is 8.99. The van der Waals surface area contributed by atoms with Gasteiger partial charge in [-0.05, 0) is 23.3 Å². The summed E-state index contributed by atoms with van der Waals surface area (Å²) in [6, 6.07) is 8.84. The average molecular weight is 209 g/mol. The standard InChI is InChI=1S/C12H19NS/c1-3-10-5-7-11(8-6-10)12(13)9-14-4-2/h5-8,12H,3-4,9,13H2,1-2H3. The summed E-state index contributed by atoms with van der Waals surface area (Å²) in [6.45, 7) is 4.33. The third-order valence-electron chi connectivity index (χ3n) is 2.32. The molecule has 0 bridgehead atoms. The van der Waals surface area contributed by atoms with Crippen molar-refractivity contribution in [2.45, 2.75) is 26.3 Å². The molecule has 0 heterocycles. The van der Waals surface area contributed by atoms with Gasteiger partial charge in [0.05, 0.1) is 0 Å². The second kappa shape index (κ2) is 6.10. The highest BCUT2D eigenvalue weighted by molar-refractivity contribution is 7.99. The van der Waals surface area contributed by atoms with Crippen molar-refractivity contribution in [2.75, 3.05) is 11.5 Å². The van der Waals surface area contributed by atoms with E-state index in [9.17, 15) is 0 Å². The lowest BCUT2D eigenvalue weighted by molar-refractivity contribution is 0.830. The molecular formula is C12H19NS. The molecule has 0 amide bonds. The second-order valence-corrected chi connectivity index (χ2v) is 4.68. The quantitative estimate of drug-likeness (QED) is 0.806. The molecule has 2 heteroatoms. The van der Waals surface area contributed by atoms with Crippen molar-refractivity contribution < 1.29 is 0 Å². The fourth-order valence-electron chi connectivity index (χ4n) is 1.34. The molecule has 1 aromatic carbocycles. The van der Waals surface area contributed by atoms with Crippen LogP contribution in [0.15, 0.2) is 24.3 Å². The molecule has 1 aromatic rings. The van der Waals surface area contributed by atoms with Gasteiger partial charge in [0.1, 0.15) is 0 Å². The average Bonchev–Trinajstić information content (AvgIpc) is 2.26. The predicted octanol–water partition coefficient (Wildman–Crippen LogP) is 3.00. The summed E-state index contributed by atoms with van der Waals surface area (Å²) in [7, 11) is 0. The Hall–Kier alpha value is -0.470. The van der Waals surface area contributed by atoms with Crippen molar-refractivity contribution in [3.05, 3.63) is 35.4 Å². The predicted molar refractivity (Wildman–Crippen MR) is 65.7 cm³/mol. The molecule has 0 saturated heterocycles. The number of nitrogens with two attached hydrogens (primary N) is 1. The lowest BCUT2D eigenvalue weighted by atomic mass is 10.1. The third-order valence-corrected chi connectivity index (χ3v) is 3.32. The molecule has 0 fully saturated rings. The highest BCUT2D eigenvalue weighted by Crippen LogP contribution is 2.16. The molecule has 14 heavy (non-hydrogen) atoms. The first-order valence-corrected chi connectivity index (χ1v) is 6.35. The van der Waals surface area contributed by atoms with Crippen LogP contribution in [-0.2, 0) is 6.42 Å². The fraction of sp³-hybridized carbons (Fsp3) is 0.500. The Morgan fingerprint density at radius 1 is 1.21 bits per heavy atom. The van der Waals surface area contributed by atoms with Gasteiger partial charge in [0.15, 0.2) is 0 Å². The van der Waals surface area contributed by atoms with E-state index in [1.807, 2.05) is 11.8 Å². The van der Waals surface area contributed by atoms with Crippen molar-refractivity contribution >= 4 is 11.8 Å². The zero-order chi connectivity index (χ0) is 10.4. The summed E-state index contributed by atoms with van der Waals surface area (Å²) in [6.07, 6.45) is 1.10. The van der Waals surface area contributed by atoms with Gasteiger partial charge in [-0.25, -0.2) is 0 Å². The Kier molecular flexibility index (Phi) is 5.05. The first-order chi connectivity index (χ1) is 6.77. The lowest BCUT2D eigenvalue weighted by Gasteiger charge is -2.11. The van der Waals surface area contributed by atoms with Crippen molar-refractivity contribution in [1.29, 1.82) is 0 Å². The lowest BCUT2D eigenvalue weighted by Crippen LogP contribution is -2.13. The first-order valence-electron chi connectivity index (χ1n) is 5.20. The number of thioether (sulfide) groups is 1. The Bertz CT molecular complexity index is 256. The minimum absolute atomic E-state index is 0.186. The highest BCUT2D eigenvalue weighted by atomic mass is 32.2. The van der Waals surface area contributed by atoms with Crippen LogP contribution >= 0.6 is 11.8 Å². The van der Waals surface area contributed by atoms with E-state index in [0.717, 1.165) is 17.9 Å². The van der Waals surface area contributed by atoms with Crippen LogP contribution in [0.5, 0.6) is 0 Å².